The maximum Gasteiger partial charge on any atom is 0.324 e. The number of halogens is 1. The van der Waals surface area contributed by atoms with E-state index in [9.17, 15) is 9.59 Å². The summed E-state index contributed by atoms with van der Waals surface area (Å²) in [5.74, 6) is -2.84. The molecule has 0 aromatic heterocycles. The van der Waals surface area contributed by atoms with Gasteiger partial charge in [0.05, 0.1) is 5.92 Å². The SMILES string of the molecule is Cl.N[C@@]1(C(=O)O)CC[C@H]2[C@H](C(=O)O)[C@H]21. The lowest BCUT2D eigenvalue weighted by Crippen LogP contribution is -2.49. The number of hydrogen-bond acceptors (Lipinski definition) is 3. The van der Waals surface area contributed by atoms with Crippen LogP contribution in [0.15, 0.2) is 0 Å². The van der Waals surface area contributed by atoms with Gasteiger partial charge in [-0.3, -0.25) is 9.59 Å². The summed E-state index contributed by atoms with van der Waals surface area (Å²) in [6.07, 6.45) is 1.03. The van der Waals surface area contributed by atoms with E-state index >= 15 is 0 Å². The lowest BCUT2D eigenvalue weighted by Gasteiger charge is -2.20. The Morgan fingerprint density at radius 1 is 1.36 bits per heavy atom. The molecule has 2 rings (SSSR count). The van der Waals surface area contributed by atoms with Crippen LogP contribution >= 0.6 is 12.4 Å². The van der Waals surface area contributed by atoms with Crippen molar-refractivity contribution in [2.45, 2.75) is 18.4 Å². The van der Waals surface area contributed by atoms with E-state index in [4.69, 9.17) is 15.9 Å². The molecule has 5 nitrogen and oxygen atoms in total. The Labute approximate surface area is 86.7 Å². The smallest absolute Gasteiger partial charge is 0.324 e. The lowest BCUT2D eigenvalue weighted by molar-refractivity contribution is -0.145. The third kappa shape index (κ3) is 1.19. The number of carboxylic acid groups (broad SMARTS) is 2. The quantitative estimate of drug-likeness (QED) is 0.606. The van der Waals surface area contributed by atoms with Gasteiger partial charge in [-0.15, -0.1) is 12.4 Å². The van der Waals surface area contributed by atoms with Crippen molar-refractivity contribution in [3.05, 3.63) is 0 Å². The van der Waals surface area contributed by atoms with Gasteiger partial charge in [0.15, 0.2) is 0 Å². The summed E-state index contributed by atoms with van der Waals surface area (Å²) in [5, 5.41) is 17.6. The molecule has 2 aliphatic rings. The Morgan fingerprint density at radius 2 is 1.93 bits per heavy atom. The summed E-state index contributed by atoms with van der Waals surface area (Å²) in [6.45, 7) is 0. The molecule has 0 aromatic rings. The van der Waals surface area contributed by atoms with Crippen LogP contribution in [-0.4, -0.2) is 27.7 Å². The Hall–Kier alpha value is -0.810. The minimum atomic E-state index is -1.28. The van der Waals surface area contributed by atoms with Gasteiger partial charge in [0.2, 0.25) is 0 Å². The standard InChI is InChI=1S/C8H11NO4.ClH/c9-8(7(12)13)2-1-3-4(5(3)8)6(10)11;/h3-5H,1-2,9H2,(H,10,11)(H,12,13);1H/t3-,4-,5-,8-;/m0./s1. The molecule has 2 fully saturated rings. The first-order valence-electron chi connectivity index (χ1n) is 4.23. The normalized spacial score (nSPS) is 43.6. The topological polar surface area (TPSA) is 101 Å². The number of rotatable bonds is 2. The summed E-state index contributed by atoms with van der Waals surface area (Å²) in [4.78, 5) is 21.4. The Bertz CT molecular complexity index is 295. The van der Waals surface area contributed by atoms with Crippen LogP contribution in [0, 0.1) is 17.8 Å². The molecule has 0 amide bonds. The van der Waals surface area contributed by atoms with Crippen LogP contribution in [-0.2, 0) is 9.59 Å². The largest absolute Gasteiger partial charge is 0.481 e. The van der Waals surface area contributed by atoms with Crippen molar-refractivity contribution in [1.82, 2.24) is 0 Å². The van der Waals surface area contributed by atoms with E-state index < -0.39 is 23.4 Å². The van der Waals surface area contributed by atoms with Crippen molar-refractivity contribution in [3.63, 3.8) is 0 Å². The van der Waals surface area contributed by atoms with Crippen molar-refractivity contribution in [1.29, 1.82) is 0 Å². The molecule has 4 N–H and O–H groups in total. The molecular weight excluding hydrogens is 210 g/mol. The van der Waals surface area contributed by atoms with Crippen molar-refractivity contribution in [2.75, 3.05) is 0 Å². The van der Waals surface area contributed by atoms with Crippen molar-refractivity contribution >= 4 is 24.3 Å². The molecule has 0 heterocycles. The molecule has 80 valence electrons. The van der Waals surface area contributed by atoms with Crippen LogP contribution < -0.4 is 5.73 Å². The first-order valence-corrected chi connectivity index (χ1v) is 4.23. The van der Waals surface area contributed by atoms with E-state index in [-0.39, 0.29) is 24.2 Å². The molecule has 6 heteroatoms. The minimum absolute atomic E-state index is 0. The molecule has 0 bridgehead atoms. The van der Waals surface area contributed by atoms with Gasteiger partial charge in [-0.25, -0.2) is 0 Å². The van der Waals surface area contributed by atoms with Gasteiger partial charge in [-0.1, -0.05) is 0 Å². The highest BCUT2D eigenvalue weighted by molar-refractivity contribution is 5.85. The second-order valence-corrected chi connectivity index (χ2v) is 3.94. The molecule has 2 aliphatic carbocycles. The number of nitrogens with two attached hydrogens (primary N) is 1. The Balaban J connectivity index is 0.000000980. The molecule has 2 saturated carbocycles. The highest BCUT2D eigenvalue weighted by Gasteiger charge is 2.69. The first kappa shape index (κ1) is 11.3. The van der Waals surface area contributed by atoms with Gasteiger partial charge in [0.25, 0.3) is 0 Å². The van der Waals surface area contributed by atoms with Gasteiger partial charge in [-0.05, 0) is 18.8 Å². The van der Waals surface area contributed by atoms with Crippen molar-refractivity contribution < 1.29 is 19.8 Å². The zero-order valence-electron chi connectivity index (χ0n) is 7.34. The van der Waals surface area contributed by atoms with Gasteiger partial charge in [0, 0.05) is 5.92 Å². The van der Waals surface area contributed by atoms with Crippen LogP contribution in [0.1, 0.15) is 12.8 Å². The summed E-state index contributed by atoms with van der Waals surface area (Å²) in [7, 11) is 0. The monoisotopic (exact) mass is 221 g/mol. The fourth-order valence-electron chi connectivity index (χ4n) is 2.59. The third-order valence-corrected chi connectivity index (χ3v) is 3.34. The van der Waals surface area contributed by atoms with E-state index in [1.165, 1.54) is 0 Å². The van der Waals surface area contributed by atoms with Gasteiger partial charge >= 0.3 is 11.9 Å². The predicted molar refractivity (Wildman–Crippen MR) is 49.1 cm³/mol. The third-order valence-electron chi connectivity index (χ3n) is 3.34. The number of carbonyl (C=O) groups is 2. The van der Waals surface area contributed by atoms with E-state index in [1.54, 1.807) is 0 Å². The highest BCUT2D eigenvalue weighted by atomic mass is 35.5. The first-order chi connectivity index (χ1) is 5.98. The summed E-state index contributed by atoms with van der Waals surface area (Å²) < 4.78 is 0. The van der Waals surface area contributed by atoms with Crippen LogP contribution in [0.3, 0.4) is 0 Å². The molecule has 14 heavy (non-hydrogen) atoms. The second kappa shape index (κ2) is 3.10. The predicted octanol–water partition coefficient (Wildman–Crippen LogP) is -0.0691. The molecule has 4 atom stereocenters. The number of aliphatic carboxylic acids is 2. The highest BCUT2D eigenvalue weighted by Crippen LogP contribution is 2.61. The Morgan fingerprint density at radius 3 is 2.29 bits per heavy atom. The molecule has 0 aliphatic heterocycles. The van der Waals surface area contributed by atoms with E-state index in [0.717, 1.165) is 0 Å². The molecule has 0 aromatic carbocycles. The summed E-state index contributed by atoms with van der Waals surface area (Å²) in [6, 6.07) is 0. The Kier molecular flexibility index (Phi) is 2.49. The van der Waals surface area contributed by atoms with Crippen LogP contribution in [0.25, 0.3) is 0 Å². The molecular formula is C8H12ClNO4. The van der Waals surface area contributed by atoms with Gasteiger partial charge < -0.3 is 15.9 Å². The zero-order chi connectivity index (χ0) is 9.80. The molecule has 0 saturated heterocycles. The summed E-state index contributed by atoms with van der Waals surface area (Å²) >= 11 is 0. The maximum atomic E-state index is 10.8. The lowest BCUT2D eigenvalue weighted by atomic mass is 9.92. The minimum Gasteiger partial charge on any atom is -0.481 e. The fraction of sp³-hybridized carbons (Fsp3) is 0.750. The number of hydrogen-bond donors (Lipinski definition) is 3. The average Bonchev–Trinajstić information content (AvgIpc) is 2.66. The maximum absolute atomic E-state index is 10.8. The molecule has 0 radical (unpaired) electrons. The second-order valence-electron chi connectivity index (χ2n) is 3.94. The van der Waals surface area contributed by atoms with E-state index in [1.807, 2.05) is 0 Å². The van der Waals surface area contributed by atoms with E-state index in [0.29, 0.717) is 12.8 Å². The number of fused-ring (bicyclic) bond motifs is 1. The van der Waals surface area contributed by atoms with Gasteiger partial charge in [0.1, 0.15) is 5.54 Å². The zero-order valence-corrected chi connectivity index (χ0v) is 8.16. The van der Waals surface area contributed by atoms with Crippen LogP contribution in [0.4, 0.5) is 0 Å². The van der Waals surface area contributed by atoms with Crippen LogP contribution in [0.2, 0.25) is 0 Å². The van der Waals surface area contributed by atoms with Crippen molar-refractivity contribution in [3.8, 4) is 0 Å². The van der Waals surface area contributed by atoms with Gasteiger partial charge in [-0.2, -0.15) is 0 Å². The average molecular weight is 222 g/mol. The fourth-order valence-corrected chi connectivity index (χ4v) is 2.59. The number of carboxylic acids is 2. The summed E-state index contributed by atoms with van der Waals surface area (Å²) in [5.41, 5.74) is 4.37. The molecule has 0 unspecified atom stereocenters. The van der Waals surface area contributed by atoms with Crippen molar-refractivity contribution in [2.24, 2.45) is 23.5 Å². The van der Waals surface area contributed by atoms with Crippen LogP contribution in [0.5, 0.6) is 0 Å². The van der Waals surface area contributed by atoms with E-state index in [2.05, 4.69) is 0 Å². The molecule has 0 spiro atoms.